The number of benzene rings is 4. The van der Waals surface area contributed by atoms with Crippen molar-refractivity contribution in [3.63, 3.8) is 0 Å². The van der Waals surface area contributed by atoms with Crippen molar-refractivity contribution in [2.45, 2.75) is 139 Å². The third kappa shape index (κ3) is 13.9. The zero-order chi connectivity index (χ0) is 55.3. The number of nitrogens with zero attached hydrogens (tertiary/aromatic N) is 7. The molecule has 2 amide bonds. The third-order valence-corrected chi connectivity index (χ3v) is 19.2. The van der Waals surface area contributed by atoms with E-state index < -0.39 is 20.0 Å². The van der Waals surface area contributed by atoms with E-state index in [1.165, 1.54) is 97.1 Å². The molecule has 2 N–H and O–H groups in total. The zero-order valence-electron chi connectivity index (χ0n) is 46.1. The summed E-state index contributed by atoms with van der Waals surface area (Å²) in [6.07, 6.45) is 12.8. The lowest BCUT2D eigenvalue weighted by atomic mass is 9.88. The summed E-state index contributed by atoms with van der Waals surface area (Å²) in [7, 11) is -4.48. The Morgan fingerprint density at radius 2 is 0.987 bits per heavy atom. The number of sulfonamides is 2. The molecule has 9 rings (SSSR count). The molecule has 0 unspecified atom stereocenters. The van der Waals surface area contributed by atoms with Gasteiger partial charge in [-0.1, -0.05) is 96.0 Å². The molecule has 0 spiro atoms. The molecule has 0 bridgehead atoms. The second-order valence-corrected chi connectivity index (χ2v) is 27.6. The highest BCUT2D eigenvalue weighted by molar-refractivity contribution is 9.09. The van der Waals surface area contributed by atoms with E-state index in [9.17, 15) is 26.4 Å². The topological polar surface area (TPSA) is 181 Å². The van der Waals surface area contributed by atoms with E-state index in [4.69, 9.17) is 14.7 Å². The average molecular weight is 1160 g/mol. The molecule has 1 aliphatic heterocycles. The van der Waals surface area contributed by atoms with E-state index in [0.29, 0.717) is 47.8 Å². The molecule has 6 aromatic rings. The number of anilines is 4. The van der Waals surface area contributed by atoms with Crippen molar-refractivity contribution < 1.29 is 31.2 Å². The monoisotopic (exact) mass is 1160 g/mol. The minimum atomic E-state index is -3.82. The Hall–Kier alpha value is -5.34. The fourth-order valence-electron chi connectivity index (χ4n) is 10.8. The highest BCUT2D eigenvalue weighted by atomic mass is 79.9. The van der Waals surface area contributed by atoms with Crippen LogP contribution >= 0.6 is 15.9 Å². The predicted octanol–water partition coefficient (Wildman–Crippen LogP) is 11.1. The highest BCUT2D eigenvalue weighted by Crippen LogP contribution is 2.36. The van der Waals surface area contributed by atoms with E-state index in [1.807, 2.05) is 41.3 Å². The summed E-state index contributed by atoms with van der Waals surface area (Å²) in [6, 6.07) is 24.0. The number of alkyl halides is 1. The van der Waals surface area contributed by atoms with Gasteiger partial charge in [-0.3, -0.25) is 23.1 Å². The maximum atomic E-state index is 13.6. The van der Waals surface area contributed by atoms with Crippen LogP contribution in [0.5, 0.6) is 0 Å². The van der Waals surface area contributed by atoms with Crippen molar-refractivity contribution in [3.05, 3.63) is 96.6 Å². The van der Waals surface area contributed by atoms with Crippen LogP contribution in [0, 0.1) is 11.8 Å². The minimum Gasteiger partial charge on any atom is -0.379 e. The lowest BCUT2D eigenvalue weighted by molar-refractivity contribution is -0.118. The molecule has 2 aromatic heterocycles. The maximum Gasteiger partial charge on any atom is 0.264 e. The molecule has 3 aliphatic rings. The smallest absolute Gasteiger partial charge is 0.264 e. The molecule has 3 heterocycles. The number of nitrogens with one attached hydrogen (secondary N) is 2. The first-order valence-corrected chi connectivity index (χ1v) is 31.2. The normalized spacial score (nSPS) is 16.5. The molecule has 3 fully saturated rings. The Morgan fingerprint density at radius 3 is 1.36 bits per heavy atom. The van der Waals surface area contributed by atoms with E-state index in [2.05, 4.69) is 77.2 Å². The number of ether oxygens (including phenoxy) is 1. The number of hydrogen-bond donors (Lipinski definition) is 2. The summed E-state index contributed by atoms with van der Waals surface area (Å²) in [6.45, 7) is 17.9. The molecule has 19 heteroatoms. The van der Waals surface area contributed by atoms with Crippen molar-refractivity contribution in [3.8, 4) is 0 Å². The van der Waals surface area contributed by atoms with Gasteiger partial charge in [-0.2, -0.15) is 0 Å². The average Bonchev–Trinajstić information content (AvgIpc) is 3.99. The van der Waals surface area contributed by atoms with Crippen LogP contribution in [-0.4, -0.2) is 105 Å². The Kier molecular flexibility index (Phi) is 18.3. The van der Waals surface area contributed by atoms with Gasteiger partial charge in [-0.05, 0) is 122 Å². The summed E-state index contributed by atoms with van der Waals surface area (Å²) < 4.78 is 66.4. The van der Waals surface area contributed by atoms with Crippen LogP contribution in [-0.2, 0) is 58.3 Å². The summed E-state index contributed by atoms with van der Waals surface area (Å²) in [5.41, 5.74) is 5.67. The third-order valence-electron chi connectivity index (χ3n) is 15.0. The number of fused-ring (bicyclic) bond motifs is 2. The Balaban J connectivity index is 0.000000205. The van der Waals surface area contributed by atoms with Crippen LogP contribution < -0.4 is 19.2 Å². The molecule has 2 aliphatic carbocycles. The van der Waals surface area contributed by atoms with Crippen molar-refractivity contribution in [1.82, 2.24) is 24.0 Å². The van der Waals surface area contributed by atoms with Crippen LogP contribution in [0.25, 0.3) is 22.1 Å². The summed E-state index contributed by atoms with van der Waals surface area (Å²) >= 11 is 3.10. The number of imidazole rings is 2. The van der Waals surface area contributed by atoms with Gasteiger partial charge in [0.1, 0.15) is 11.6 Å². The number of aromatic nitrogens is 4. The first-order valence-electron chi connectivity index (χ1n) is 27.2. The molecule has 4 aromatic carbocycles. The quantitative estimate of drug-likeness (QED) is 0.0939. The van der Waals surface area contributed by atoms with E-state index in [1.54, 1.807) is 38.4 Å². The van der Waals surface area contributed by atoms with Crippen LogP contribution in [0.4, 0.5) is 22.7 Å². The first kappa shape index (κ1) is 57.8. The maximum absolute atomic E-state index is 13.6. The molecule has 416 valence electrons. The van der Waals surface area contributed by atoms with Gasteiger partial charge < -0.3 is 24.5 Å². The standard InChI is InChI=1S/C31H43N5O4S.C27H35BrN4O3S/c1-31(2,3)30-33-27-20-25(12-15-28(27)36(30)21-23-8-6-5-7-9-23)34(4)41(38,39)26-13-10-24(11-14-26)32-29(37)22-35-16-18-40-19-17-35;1-27(2,3)26-30-23-16-21(12-15-24(23)32(26)18-19-8-6-5-7-9-19)31(4)36(34,35)22-13-10-20(11-14-22)29-25(33)17-28/h10-15,20,23H,5-9,16-19,21-22H2,1-4H3,(H,32,37);10-16,19H,5-9,17-18H2,1-4H3,(H,29,33). The SMILES string of the molecule is CN(c1ccc2c(c1)nc(C(C)(C)C)n2CC1CCCCC1)S(=O)(=O)c1ccc(NC(=O)CBr)cc1.CN(c1ccc2c(c1)nc(C(C)(C)C)n2CC1CCCCC1)S(=O)(=O)c1ccc(NC(=O)CN2CCOCC2)cc1. The van der Waals surface area contributed by atoms with Gasteiger partial charge in [-0.25, -0.2) is 26.8 Å². The summed E-state index contributed by atoms with van der Waals surface area (Å²) in [5, 5.41) is 5.72. The van der Waals surface area contributed by atoms with Gasteiger partial charge >= 0.3 is 0 Å². The van der Waals surface area contributed by atoms with Crippen LogP contribution in [0.15, 0.2) is 94.7 Å². The van der Waals surface area contributed by atoms with Gasteiger partial charge in [-0.15, -0.1) is 0 Å². The number of hydrogen-bond acceptors (Lipinski definition) is 10. The molecule has 16 nitrogen and oxygen atoms in total. The molecular weight excluding hydrogens is 1080 g/mol. The van der Waals surface area contributed by atoms with E-state index in [0.717, 1.165) is 59.9 Å². The van der Waals surface area contributed by atoms with Crippen molar-refractivity contribution >= 4 is 92.6 Å². The number of halogens is 1. The number of rotatable bonds is 15. The lowest BCUT2D eigenvalue weighted by Gasteiger charge is -2.26. The first-order chi connectivity index (χ1) is 36.5. The molecule has 2 saturated carbocycles. The molecule has 0 atom stereocenters. The van der Waals surface area contributed by atoms with Gasteiger partial charge in [0.2, 0.25) is 11.8 Å². The van der Waals surface area contributed by atoms with E-state index >= 15 is 0 Å². The van der Waals surface area contributed by atoms with Crippen molar-refractivity contribution in [1.29, 1.82) is 0 Å². The molecular formula is C58H78BrN9O7S2. The molecule has 0 radical (unpaired) electrons. The summed E-state index contributed by atoms with van der Waals surface area (Å²) in [5.74, 6) is 3.04. The van der Waals surface area contributed by atoms with Crippen LogP contribution in [0.2, 0.25) is 0 Å². The number of amides is 2. The fourth-order valence-corrected chi connectivity index (χ4v) is 13.3. The Labute approximate surface area is 464 Å². The van der Waals surface area contributed by atoms with Gasteiger partial charge in [0.25, 0.3) is 20.0 Å². The Bertz CT molecular complexity index is 3240. The molecule has 1 saturated heterocycles. The largest absolute Gasteiger partial charge is 0.379 e. The minimum absolute atomic E-state index is 0.127. The van der Waals surface area contributed by atoms with Crippen LogP contribution in [0.1, 0.15) is 117 Å². The van der Waals surface area contributed by atoms with Gasteiger partial charge in [0.05, 0.1) is 68.3 Å². The van der Waals surface area contributed by atoms with Gasteiger partial charge in [0.15, 0.2) is 0 Å². The Morgan fingerprint density at radius 1 is 0.597 bits per heavy atom. The van der Waals surface area contributed by atoms with Crippen molar-refractivity contribution in [2.24, 2.45) is 11.8 Å². The van der Waals surface area contributed by atoms with Gasteiger partial charge in [0, 0.05) is 62.5 Å². The second kappa shape index (κ2) is 24.4. The fraction of sp³-hybridized carbons (Fsp3) is 0.517. The predicted molar refractivity (Wildman–Crippen MR) is 312 cm³/mol. The number of carbonyl (C=O) groups excluding carboxylic acids is 2. The summed E-state index contributed by atoms with van der Waals surface area (Å²) in [4.78, 5) is 36.4. The van der Waals surface area contributed by atoms with Crippen LogP contribution in [0.3, 0.4) is 0 Å². The lowest BCUT2D eigenvalue weighted by Crippen LogP contribution is -2.41. The van der Waals surface area contributed by atoms with Crippen molar-refractivity contribution in [2.75, 3.05) is 71.5 Å². The molecule has 77 heavy (non-hydrogen) atoms. The van der Waals surface area contributed by atoms with E-state index in [-0.39, 0.29) is 44.3 Å². The second-order valence-electron chi connectivity index (χ2n) is 23.1. The zero-order valence-corrected chi connectivity index (χ0v) is 49.4. The highest BCUT2D eigenvalue weighted by Gasteiger charge is 2.30. The number of morpholine rings is 1. The number of carbonyl (C=O) groups is 2.